The van der Waals surface area contributed by atoms with E-state index in [1.807, 2.05) is 0 Å². The molecular weight excluding hydrogens is 240 g/mol. The first kappa shape index (κ1) is 12.4. The van der Waals surface area contributed by atoms with Gasteiger partial charge in [-0.25, -0.2) is 4.68 Å². The standard InChI is InChI=1S/C9H14N6O3/c10-7(16)3-14(5-9(17)18)4-8-11-12-13-15(8)6-1-2-6/h6H,1-5H2,(H2,10,16)(H,17,18). The van der Waals surface area contributed by atoms with Gasteiger partial charge in [-0.15, -0.1) is 5.10 Å². The van der Waals surface area contributed by atoms with E-state index in [0.717, 1.165) is 12.8 Å². The fourth-order valence-corrected chi connectivity index (χ4v) is 1.70. The Morgan fingerprint density at radius 2 is 2.17 bits per heavy atom. The van der Waals surface area contributed by atoms with Crippen molar-refractivity contribution in [2.45, 2.75) is 25.4 Å². The number of tetrazole rings is 1. The number of carbonyl (C=O) groups excluding carboxylic acids is 1. The Kier molecular flexibility index (Phi) is 3.51. The Balaban J connectivity index is 2.04. The van der Waals surface area contributed by atoms with Gasteiger partial charge in [-0.2, -0.15) is 0 Å². The van der Waals surface area contributed by atoms with Crippen LogP contribution in [-0.4, -0.2) is 55.2 Å². The van der Waals surface area contributed by atoms with Gasteiger partial charge in [0.25, 0.3) is 0 Å². The highest BCUT2D eigenvalue weighted by atomic mass is 16.4. The van der Waals surface area contributed by atoms with E-state index in [9.17, 15) is 9.59 Å². The molecule has 1 amide bonds. The van der Waals surface area contributed by atoms with Gasteiger partial charge in [-0.1, -0.05) is 0 Å². The Morgan fingerprint density at radius 1 is 1.44 bits per heavy atom. The zero-order chi connectivity index (χ0) is 13.1. The number of carboxylic acids is 1. The average Bonchev–Trinajstić information content (AvgIpc) is 2.98. The number of nitrogens with two attached hydrogens (primary N) is 1. The van der Waals surface area contributed by atoms with Crippen LogP contribution in [0.1, 0.15) is 24.7 Å². The highest BCUT2D eigenvalue weighted by Crippen LogP contribution is 2.34. The number of hydrogen-bond donors (Lipinski definition) is 2. The second-order valence-electron chi connectivity index (χ2n) is 4.28. The van der Waals surface area contributed by atoms with E-state index in [1.54, 1.807) is 4.68 Å². The molecule has 1 heterocycles. The maximum Gasteiger partial charge on any atom is 0.317 e. The summed E-state index contributed by atoms with van der Waals surface area (Å²) in [5, 5.41) is 20.0. The maximum atomic E-state index is 10.9. The van der Waals surface area contributed by atoms with Crippen LogP contribution < -0.4 is 5.73 Å². The summed E-state index contributed by atoms with van der Waals surface area (Å²) in [7, 11) is 0. The molecule has 0 radical (unpaired) electrons. The monoisotopic (exact) mass is 254 g/mol. The molecule has 0 spiro atoms. The molecule has 1 aliphatic rings. The lowest BCUT2D eigenvalue weighted by Gasteiger charge is -2.17. The van der Waals surface area contributed by atoms with Gasteiger partial charge in [-0.05, 0) is 23.3 Å². The molecule has 0 unspecified atom stereocenters. The van der Waals surface area contributed by atoms with Gasteiger partial charge in [0.05, 0.1) is 25.7 Å². The van der Waals surface area contributed by atoms with Gasteiger partial charge in [0.2, 0.25) is 5.91 Å². The quantitative estimate of drug-likeness (QED) is 0.598. The fraction of sp³-hybridized carbons (Fsp3) is 0.667. The molecule has 3 N–H and O–H groups in total. The third-order valence-corrected chi connectivity index (χ3v) is 2.56. The molecule has 1 aromatic rings. The van der Waals surface area contributed by atoms with E-state index in [-0.39, 0.29) is 19.6 Å². The molecule has 0 aromatic carbocycles. The summed E-state index contributed by atoms with van der Waals surface area (Å²) < 4.78 is 1.68. The topological polar surface area (TPSA) is 127 Å². The molecule has 98 valence electrons. The van der Waals surface area contributed by atoms with E-state index >= 15 is 0 Å². The van der Waals surface area contributed by atoms with Crippen molar-refractivity contribution in [3.8, 4) is 0 Å². The van der Waals surface area contributed by atoms with Gasteiger partial charge in [0, 0.05) is 0 Å². The van der Waals surface area contributed by atoms with Crippen molar-refractivity contribution < 1.29 is 14.7 Å². The molecule has 0 saturated heterocycles. The summed E-state index contributed by atoms with van der Waals surface area (Å²) >= 11 is 0. The van der Waals surface area contributed by atoms with Crippen molar-refractivity contribution in [1.82, 2.24) is 25.1 Å². The fourth-order valence-electron chi connectivity index (χ4n) is 1.70. The van der Waals surface area contributed by atoms with Crippen LogP contribution in [0.2, 0.25) is 0 Å². The summed E-state index contributed by atoms with van der Waals surface area (Å²) in [5.74, 6) is -1.05. The van der Waals surface area contributed by atoms with Gasteiger partial charge in [0.1, 0.15) is 0 Å². The number of carboxylic acid groups (broad SMARTS) is 1. The minimum Gasteiger partial charge on any atom is -0.480 e. The Morgan fingerprint density at radius 3 is 2.72 bits per heavy atom. The lowest BCUT2D eigenvalue weighted by atomic mass is 10.4. The second-order valence-corrected chi connectivity index (χ2v) is 4.28. The van der Waals surface area contributed by atoms with Crippen molar-refractivity contribution in [1.29, 1.82) is 0 Å². The summed E-state index contributed by atoms with van der Waals surface area (Å²) in [4.78, 5) is 23.0. The normalized spacial score (nSPS) is 14.9. The number of aliphatic carboxylic acids is 1. The summed E-state index contributed by atoms with van der Waals surface area (Å²) in [5.41, 5.74) is 5.08. The number of primary amides is 1. The first-order valence-corrected chi connectivity index (χ1v) is 5.55. The molecule has 9 nitrogen and oxygen atoms in total. The summed E-state index contributed by atoms with van der Waals surface area (Å²) in [6.07, 6.45) is 2.04. The lowest BCUT2D eigenvalue weighted by Crippen LogP contribution is -2.37. The molecule has 0 atom stereocenters. The maximum absolute atomic E-state index is 10.9. The van der Waals surface area contributed by atoms with Crippen LogP contribution in [-0.2, 0) is 16.1 Å². The number of hydrogen-bond acceptors (Lipinski definition) is 6. The van der Waals surface area contributed by atoms with Gasteiger partial charge in [-0.3, -0.25) is 14.5 Å². The molecule has 1 aliphatic carbocycles. The largest absolute Gasteiger partial charge is 0.480 e. The Bertz CT molecular complexity index is 439. The molecule has 2 rings (SSSR count). The summed E-state index contributed by atoms with van der Waals surface area (Å²) in [6, 6.07) is 0.301. The minimum atomic E-state index is -1.03. The summed E-state index contributed by atoms with van der Waals surface area (Å²) in [6.45, 7) is -0.219. The van der Waals surface area contributed by atoms with E-state index in [2.05, 4.69) is 15.5 Å². The number of amides is 1. The van der Waals surface area contributed by atoms with Crippen molar-refractivity contribution in [2.24, 2.45) is 5.73 Å². The van der Waals surface area contributed by atoms with Crippen LogP contribution in [0.3, 0.4) is 0 Å². The predicted molar refractivity (Wildman–Crippen MR) is 58.2 cm³/mol. The molecule has 18 heavy (non-hydrogen) atoms. The Labute approximate surface area is 103 Å². The number of nitrogens with zero attached hydrogens (tertiary/aromatic N) is 5. The van der Waals surface area contributed by atoms with Crippen molar-refractivity contribution >= 4 is 11.9 Å². The molecule has 0 aliphatic heterocycles. The molecule has 1 saturated carbocycles. The highest BCUT2D eigenvalue weighted by molar-refractivity contribution is 5.77. The molecule has 0 bridgehead atoms. The number of carbonyl (C=O) groups is 2. The van der Waals surface area contributed by atoms with E-state index in [4.69, 9.17) is 10.8 Å². The van der Waals surface area contributed by atoms with E-state index < -0.39 is 11.9 Å². The number of rotatable bonds is 7. The first-order chi connectivity index (χ1) is 8.56. The van der Waals surface area contributed by atoms with Gasteiger partial charge in [0.15, 0.2) is 5.82 Å². The van der Waals surface area contributed by atoms with Crippen molar-refractivity contribution in [3.05, 3.63) is 5.82 Å². The second kappa shape index (κ2) is 5.08. The van der Waals surface area contributed by atoms with Crippen LogP contribution in [0.25, 0.3) is 0 Å². The SMILES string of the molecule is NC(=O)CN(CC(=O)O)Cc1nnnn1C1CC1. The average molecular weight is 254 g/mol. The Hall–Kier alpha value is -2.03. The van der Waals surface area contributed by atoms with Crippen LogP contribution in [0.15, 0.2) is 0 Å². The van der Waals surface area contributed by atoms with Crippen LogP contribution in [0, 0.1) is 0 Å². The lowest BCUT2D eigenvalue weighted by molar-refractivity contribution is -0.138. The third kappa shape index (κ3) is 3.23. The van der Waals surface area contributed by atoms with Crippen molar-refractivity contribution in [3.63, 3.8) is 0 Å². The zero-order valence-electron chi connectivity index (χ0n) is 9.69. The smallest absolute Gasteiger partial charge is 0.317 e. The molecule has 9 heteroatoms. The van der Waals surface area contributed by atoms with Gasteiger partial charge < -0.3 is 10.8 Å². The van der Waals surface area contributed by atoms with Crippen molar-refractivity contribution in [2.75, 3.05) is 13.1 Å². The molecule has 1 fully saturated rings. The van der Waals surface area contributed by atoms with Gasteiger partial charge >= 0.3 is 5.97 Å². The third-order valence-electron chi connectivity index (χ3n) is 2.56. The van der Waals surface area contributed by atoms with Crippen LogP contribution in [0.4, 0.5) is 0 Å². The molecule has 1 aromatic heterocycles. The minimum absolute atomic E-state index is 0.135. The molecular formula is C9H14N6O3. The van der Waals surface area contributed by atoms with Crippen LogP contribution >= 0.6 is 0 Å². The highest BCUT2D eigenvalue weighted by Gasteiger charge is 2.28. The van der Waals surface area contributed by atoms with E-state index in [1.165, 1.54) is 4.90 Å². The number of aromatic nitrogens is 4. The van der Waals surface area contributed by atoms with Crippen LogP contribution in [0.5, 0.6) is 0 Å². The predicted octanol–water partition coefficient (Wildman–Crippen LogP) is -1.62. The van der Waals surface area contributed by atoms with E-state index in [0.29, 0.717) is 11.9 Å². The zero-order valence-corrected chi connectivity index (χ0v) is 9.69. The first-order valence-electron chi connectivity index (χ1n) is 5.55.